The van der Waals surface area contributed by atoms with Crippen LogP contribution in [0.4, 0.5) is 0 Å². The van der Waals surface area contributed by atoms with Crippen LogP contribution < -0.4 is 0 Å². The summed E-state index contributed by atoms with van der Waals surface area (Å²) in [5.74, 6) is -1.10. The Kier molecular flexibility index (Phi) is 25.9. The van der Waals surface area contributed by atoms with Gasteiger partial charge < -0.3 is 72.4 Å². The first-order valence-corrected chi connectivity index (χ1v) is 52.7. The second-order valence-corrected chi connectivity index (χ2v) is 61.4. The van der Waals surface area contributed by atoms with Gasteiger partial charge in [-0.1, -0.05) is 96.4 Å². The van der Waals surface area contributed by atoms with E-state index in [2.05, 4.69) is 44.8 Å². The van der Waals surface area contributed by atoms with Gasteiger partial charge in [0, 0.05) is 48.4 Å². The first-order chi connectivity index (χ1) is 38.6. The molecule has 488 valence electrons. The van der Waals surface area contributed by atoms with E-state index in [4.69, 9.17) is 67.7 Å². The van der Waals surface area contributed by atoms with Gasteiger partial charge >= 0.3 is 100 Å². The molecule has 84 heavy (non-hydrogen) atoms. The summed E-state index contributed by atoms with van der Waals surface area (Å²) in [5, 5.41) is 0. The van der Waals surface area contributed by atoms with Crippen molar-refractivity contribution in [2.45, 2.75) is 256 Å². The highest BCUT2D eigenvalue weighted by molar-refractivity contribution is 7.03. The monoisotopic (exact) mass is 1360 g/mol. The highest BCUT2D eigenvalue weighted by Gasteiger charge is 2.82. The molecule has 3 atom stereocenters. The van der Waals surface area contributed by atoms with Gasteiger partial charge in [-0.15, -0.1) is 0 Å². The van der Waals surface area contributed by atoms with E-state index < -0.39 is 104 Å². The van der Waals surface area contributed by atoms with Crippen molar-refractivity contribution in [2.24, 2.45) is 34.5 Å². The Morgan fingerprint density at radius 3 is 1.06 bits per heavy atom. The highest BCUT2D eigenvalue weighted by Crippen LogP contribution is 2.53. The number of hydrogen-bond donors (Lipinski definition) is 0. The zero-order chi connectivity index (χ0) is 64.0. The van der Waals surface area contributed by atoms with Crippen LogP contribution in [0.2, 0.25) is 86.6 Å². The summed E-state index contributed by atoms with van der Waals surface area (Å²) in [7, 11) is -33.0. The van der Waals surface area contributed by atoms with Crippen molar-refractivity contribution < 1.29 is 96.4 Å². The average Bonchev–Trinajstić information content (AvgIpc) is 1.07. The molecule has 0 amide bonds. The number of cyclic esters (lactones) is 2. The molecule has 0 radical (unpaired) electrons. The van der Waals surface area contributed by atoms with Gasteiger partial charge in [0.1, 0.15) is 5.60 Å². The summed E-state index contributed by atoms with van der Waals surface area (Å²) < 4.78 is 113. The van der Waals surface area contributed by atoms with Crippen LogP contribution in [0.15, 0.2) is 0 Å². The van der Waals surface area contributed by atoms with Crippen LogP contribution in [-0.4, -0.2) is 136 Å². The van der Waals surface area contributed by atoms with Gasteiger partial charge in [0.05, 0.1) is 41.8 Å². The summed E-state index contributed by atoms with van der Waals surface area (Å²) in [6.07, 6.45) is 2.94. The smallest absolute Gasteiger partial charge is 0.465 e. The predicted molar refractivity (Wildman–Crippen MR) is 336 cm³/mol. The molecule has 8 aliphatic rings. The summed E-state index contributed by atoms with van der Waals surface area (Å²) in [6.45, 7) is 48.2. The molecule has 0 N–H and O–H groups in total. The standard InChI is InChI=1S/C23H52O14Si8.C13H28O3Si2.C10H20O2.C6H8O3/c1-11-23(9,10)22(24)25-20-19-21-45-35-42(16-6)29-39(13-3)26-38(12-2)27-40(14-4,31-42)33-44(18-8,37-45)34-41(15-5,28-38)32-43(17-7,30-39)36-45;1-7-11(2)8-15-13(14)12-9-17(3,4)16-18(5,6)10-12;1-7-10(5,6)8(11)12-9(2,3)4;1-3-4(2)6(8)9-5(3)7/h11-21H2,1-10H3;11-12H,7-10H2,1-6H3;7H2,1-6H3;3-4H,1-2H3. The van der Waals surface area contributed by atoms with Crippen molar-refractivity contribution in [1.29, 1.82) is 0 Å². The molecule has 0 aliphatic carbocycles. The molecule has 3 unspecified atom stereocenters. The van der Waals surface area contributed by atoms with Crippen molar-refractivity contribution in [3.05, 3.63) is 0 Å². The van der Waals surface area contributed by atoms with Crippen molar-refractivity contribution in [3.63, 3.8) is 0 Å². The molecule has 8 bridgehead atoms. The lowest BCUT2D eigenvalue weighted by molar-refractivity contribution is -0.166. The quantitative estimate of drug-likeness (QED) is 0.0384. The van der Waals surface area contributed by atoms with Gasteiger partial charge in [0.2, 0.25) is 0 Å². The summed E-state index contributed by atoms with van der Waals surface area (Å²) in [4.78, 5) is 57.5. The van der Waals surface area contributed by atoms with E-state index in [0.29, 0.717) is 67.7 Å². The fourth-order valence-electron chi connectivity index (χ4n) is 9.78. The minimum absolute atomic E-state index is 0.0137. The minimum atomic E-state index is -3.87. The number of esters is 5. The molecular formula is C52H108O22Si10. The van der Waals surface area contributed by atoms with Crippen molar-refractivity contribution >= 4 is 117 Å². The number of rotatable bonds is 19. The van der Waals surface area contributed by atoms with E-state index in [1.807, 2.05) is 111 Å². The van der Waals surface area contributed by atoms with Gasteiger partial charge in [-0.2, -0.15) is 0 Å². The van der Waals surface area contributed by atoms with E-state index in [-0.39, 0.29) is 59.3 Å². The fraction of sp³-hybridized carbons (Fsp3) is 0.904. The van der Waals surface area contributed by atoms with E-state index in [0.717, 1.165) is 24.9 Å². The Labute approximate surface area is 514 Å². The molecule has 8 fully saturated rings. The van der Waals surface area contributed by atoms with Crippen molar-refractivity contribution in [2.75, 3.05) is 13.2 Å². The normalized spacial score (nSPS) is 35.4. The molecule has 8 saturated heterocycles. The lowest BCUT2D eigenvalue weighted by Gasteiger charge is -2.63. The van der Waals surface area contributed by atoms with E-state index in [1.165, 1.54) is 0 Å². The number of hydrogen-bond acceptors (Lipinski definition) is 22. The third-order valence-electron chi connectivity index (χ3n) is 16.2. The number of ether oxygens (including phenoxy) is 4. The molecule has 0 aromatic heterocycles. The Balaban J connectivity index is 0.000000314. The first-order valence-electron chi connectivity index (χ1n) is 31.0. The van der Waals surface area contributed by atoms with Gasteiger partial charge in [-0.3, -0.25) is 24.0 Å². The third-order valence-corrected chi connectivity index (χ3v) is 60.4. The lowest BCUT2D eigenvalue weighted by Crippen LogP contribution is -2.88. The molecule has 8 heterocycles. The van der Waals surface area contributed by atoms with Crippen LogP contribution in [0, 0.1) is 34.5 Å². The van der Waals surface area contributed by atoms with Gasteiger partial charge in [0.25, 0.3) is 0 Å². The van der Waals surface area contributed by atoms with Crippen LogP contribution in [-0.2, 0) is 96.4 Å². The first kappa shape index (κ1) is 75.7. The molecule has 0 aromatic rings. The van der Waals surface area contributed by atoms with Crippen molar-refractivity contribution in [3.8, 4) is 0 Å². The molecule has 8 rings (SSSR count). The van der Waals surface area contributed by atoms with E-state index >= 15 is 0 Å². The highest BCUT2D eigenvalue weighted by atomic mass is 28.6. The largest absolute Gasteiger partial charge is 0.479 e. The third kappa shape index (κ3) is 18.9. The minimum Gasteiger partial charge on any atom is -0.465 e. The zero-order valence-corrected chi connectivity index (χ0v) is 65.6. The molecule has 8 aliphatic heterocycles. The van der Waals surface area contributed by atoms with E-state index in [1.54, 1.807) is 13.8 Å². The maximum Gasteiger partial charge on any atom is 0.479 e. The van der Waals surface area contributed by atoms with Crippen molar-refractivity contribution in [1.82, 2.24) is 0 Å². The molecular weight excluding hydrogens is 1260 g/mol. The maximum atomic E-state index is 12.8. The topological polar surface area (TPSA) is 242 Å². The van der Waals surface area contributed by atoms with Crippen LogP contribution in [0.3, 0.4) is 0 Å². The zero-order valence-electron chi connectivity index (χ0n) is 55.6. The second kappa shape index (κ2) is 28.8. The number of carbonyl (C=O) groups is 5. The Morgan fingerprint density at radius 1 is 0.488 bits per heavy atom. The summed E-state index contributed by atoms with van der Waals surface area (Å²) in [6, 6.07) is 4.93. The Bertz CT molecular complexity index is 2120. The lowest BCUT2D eigenvalue weighted by atomic mass is 9.90. The number of carbonyl (C=O) groups excluding carboxylic acids is 5. The second-order valence-electron chi connectivity index (χ2n) is 26.6. The van der Waals surface area contributed by atoms with Crippen LogP contribution >= 0.6 is 0 Å². The van der Waals surface area contributed by atoms with Crippen LogP contribution in [0.1, 0.15) is 164 Å². The van der Waals surface area contributed by atoms with Crippen LogP contribution in [0.5, 0.6) is 0 Å². The van der Waals surface area contributed by atoms with Gasteiger partial charge in [0.15, 0.2) is 16.6 Å². The predicted octanol–water partition coefficient (Wildman–Crippen LogP) is 12.0. The molecule has 22 nitrogen and oxygen atoms in total. The van der Waals surface area contributed by atoms with Crippen LogP contribution in [0.25, 0.3) is 0 Å². The summed E-state index contributed by atoms with van der Waals surface area (Å²) >= 11 is 0. The molecule has 32 heteroatoms. The molecule has 0 spiro atoms. The SMILES string of the molecule is CC1C(=O)OC(=O)C1C.CCC(C)(C)C(=O)OC(C)(C)C.CCC(C)(C)C(=O)OCCC[Si]12O[Si]3(CC)O[Si]4(CC)O[Si]5(CC)O[Si](CC)(O3)O[Si](CC)(O[Si](CC)(O5)O[Si](CC)(O4)O1)O2.CCC(C)COC(=O)C1C[Si](C)(C)O[Si](C)(C)C1. The Morgan fingerprint density at radius 2 is 0.798 bits per heavy atom. The van der Waals surface area contributed by atoms with E-state index in [9.17, 15) is 24.0 Å². The fourth-order valence-corrected chi connectivity index (χ4v) is 69.4. The van der Waals surface area contributed by atoms with Gasteiger partial charge in [-0.25, -0.2) is 0 Å². The molecule has 0 aromatic carbocycles. The van der Waals surface area contributed by atoms with Gasteiger partial charge in [-0.05, 0) is 112 Å². The molecule has 0 saturated carbocycles. The maximum absolute atomic E-state index is 12.8. The summed E-state index contributed by atoms with van der Waals surface area (Å²) in [5.41, 5.74) is -1.31. The Hall–Kier alpha value is -0.801. The average molecular weight is 1370 g/mol.